The monoisotopic (exact) mass is 456 g/mol. The molecule has 0 amide bonds. The first kappa shape index (κ1) is 21.3. The van der Waals surface area contributed by atoms with Crippen LogP contribution in [0.4, 0.5) is 5.95 Å². The van der Waals surface area contributed by atoms with Crippen LogP contribution in [0, 0.1) is 6.92 Å². The Balaban J connectivity index is 1.65. The smallest absolute Gasteiger partial charge is 0.271 e. The molecule has 0 radical (unpaired) electrons. The van der Waals surface area contributed by atoms with Gasteiger partial charge >= 0.3 is 0 Å². The number of aromatic nitrogens is 3. The molecule has 2 heterocycles. The van der Waals surface area contributed by atoms with Crippen molar-refractivity contribution in [2.24, 2.45) is 0 Å². The first-order valence-corrected chi connectivity index (χ1v) is 11.3. The zero-order valence-electron chi connectivity index (χ0n) is 17.0. The number of rotatable bonds is 8. The maximum Gasteiger partial charge on any atom is 0.271 e. The molecule has 0 aliphatic carbocycles. The molecule has 0 saturated heterocycles. The van der Waals surface area contributed by atoms with E-state index in [0.29, 0.717) is 40.5 Å². The van der Waals surface area contributed by atoms with E-state index in [2.05, 4.69) is 14.9 Å². The number of nitrogens with one attached hydrogen (secondary N) is 1. The van der Waals surface area contributed by atoms with Gasteiger partial charge in [0.25, 0.3) is 5.95 Å². The maximum atomic E-state index is 12.8. The summed E-state index contributed by atoms with van der Waals surface area (Å²) in [5.74, 6) is 2.40. The van der Waals surface area contributed by atoms with E-state index < -0.39 is 11.4 Å². The molecule has 1 unspecified atom stereocenters. The molecule has 7 nitrogen and oxygen atoms in total. The zero-order valence-corrected chi connectivity index (χ0v) is 18.6. The number of methoxy groups -OCH3 is 1. The van der Waals surface area contributed by atoms with Gasteiger partial charge in [0.2, 0.25) is 5.82 Å². The van der Waals surface area contributed by atoms with Gasteiger partial charge in [0.1, 0.15) is 11.5 Å². The average molecular weight is 457 g/mol. The van der Waals surface area contributed by atoms with E-state index in [1.165, 1.54) is 0 Å². The molecule has 0 aliphatic rings. The highest BCUT2D eigenvalue weighted by Crippen LogP contribution is 2.33. The summed E-state index contributed by atoms with van der Waals surface area (Å²) in [6.07, 6.45) is 2.20. The lowest BCUT2D eigenvalue weighted by Crippen LogP contribution is -2.21. The molecule has 160 valence electrons. The number of benzene rings is 2. The van der Waals surface area contributed by atoms with Crippen LogP contribution in [0.2, 0.25) is 5.02 Å². The molecule has 0 spiro atoms. The quantitative estimate of drug-likeness (QED) is 0.382. The number of hydrogen-bond donors (Lipinski definition) is 1. The fraction of sp³-hybridized carbons (Fsp3) is 0.182. The number of furan rings is 1. The molecule has 0 saturated carbocycles. The molecule has 1 N–H and O–H groups in total. The lowest BCUT2D eigenvalue weighted by atomic mass is 10.1. The predicted octanol–water partition coefficient (Wildman–Crippen LogP) is 4.82. The molecule has 9 heteroatoms. The topological polar surface area (TPSA) is 88.2 Å². The number of nitrogens with zero attached hydrogens (tertiary/aromatic N) is 3. The second-order valence-electron chi connectivity index (χ2n) is 6.81. The Bertz CT molecular complexity index is 1150. The van der Waals surface area contributed by atoms with E-state index in [9.17, 15) is 4.55 Å². The third-order valence-electron chi connectivity index (χ3n) is 4.74. The highest BCUT2D eigenvalue weighted by atomic mass is 35.5. The summed E-state index contributed by atoms with van der Waals surface area (Å²) in [5.41, 5.74) is 2.75. The summed E-state index contributed by atoms with van der Waals surface area (Å²) in [6, 6.07) is 16.8. The standard InChI is InChI=1S/C22H21ClN4O3S/c1-15-5-3-6-18(29-2)20(15)27-21(19-7-4-13-30-19)24-25-22(27)26-31(28)14-12-16-8-10-17(23)11-9-16/h3-11,13H,12,14H2,1-2H3,(H,25,26). The Morgan fingerprint density at radius 2 is 1.94 bits per heavy atom. The van der Waals surface area contributed by atoms with Crippen LogP contribution in [0.5, 0.6) is 5.75 Å². The molecule has 2 aromatic carbocycles. The van der Waals surface area contributed by atoms with Crippen molar-refractivity contribution in [3.05, 3.63) is 77.0 Å². The minimum absolute atomic E-state index is 0.341. The van der Waals surface area contributed by atoms with Gasteiger partial charge in [-0.15, -0.1) is 10.2 Å². The summed E-state index contributed by atoms with van der Waals surface area (Å²) >= 11 is 4.54. The van der Waals surface area contributed by atoms with Crippen molar-refractivity contribution >= 4 is 28.9 Å². The summed E-state index contributed by atoms with van der Waals surface area (Å²) in [5, 5.41) is 9.21. The van der Waals surface area contributed by atoms with Gasteiger partial charge < -0.3 is 13.7 Å². The molecular formula is C22H21ClN4O3S. The highest BCUT2D eigenvalue weighted by molar-refractivity contribution is 7.92. The van der Waals surface area contributed by atoms with Crippen molar-refractivity contribution in [3.63, 3.8) is 0 Å². The van der Waals surface area contributed by atoms with Gasteiger partial charge in [0, 0.05) is 11.4 Å². The molecule has 0 fully saturated rings. The van der Waals surface area contributed by atoms with Gasteiger partial charge in [0.15, 0.2) is 5.76 Å². The summed E-state index contributed by atoms with van der Waals surface area (Å²) in [6.45, 7) is 1.96. The van der Waals surface area contributed by atoms with Crippen molar-refractivity contribution < 1.29 is 13.7 Å². The Hall–Kier alpha value is -2.94. The number of hydrogen-bond acceptors (Lipinski definition) is 6. The van der Waals surface area contributed by atoms with Crippen LogP contribution in [-0.4, -0.2) is 32.2 Å². The zero-order chi connectivity index (χ0) is 21.8. The first-order valence-electron chi connectivity index (χ1n) is 9.59. The van der Waals surface area contributed by atoms with Crippen LogP contribution in [0.3, 0.4) is 0 Å². The van der Waals surface area contributed by atoms with Crippen molar-refractivity contribution in [2.75, 3.05) is 17.6 Å². The maximum absolute atomic E-state index is 12.8. The van der Waals surface area contributed by atoms with Crippen LogP contribution in [0.15, 0.2) is 65.3 Å². The van der Waals surface area contributed by atoms with E-state index in [0.717, 1.165) is 16.8 Å². The van der Waals surface area contributed by atoms with Gasteiger partial charge in [-0.25, -0.2) is 0 Å². The van der Waals surface area contributed by atoms with E-state index >= 15 is 0 Å². The van der Waals surface area contributed by atoms with Gasteiger partial charge in [-0.1, -0.05) is 35.9 Å². The fourth-order valence-electron chi connectivity index (χ4n) is 3.23. The molecule has 4 aromatic rings. The normalized spacial score (nSPS) is 12.0. The van der Waals surface area contributed by atoms with Crippen LogP contribution >= 0.6 is 11.6 Å². The number of aryl methyl sites for hydroxylation is 2. The molecule has 0 aliphatic heterocycles. The molecule has 1 atom stereocenters. The lowest BCUT2D eigenvalue weighted by molar-refractivity contribution is 0.412. The predicted molar refractivity (Wildman–Crippen MR) is 122 cm³/mol. The van der Waals surface area contributed by atoms with Crippen molar-refractivity contribution in [1.82, 2.24) is 14.8 Å². The van der Waals surface area contributed by atoms with Crippen LogP contribution in [-0.2, 0) is 17.8 Å². The van der Waals surface area contributed by atoms with Gasteiger partial charge in [-0.2, -0.15) is 4.72 Å². The minimum atomic E-state index is -1.39. The lowest BCUT2D eigenvalue weighted by Gasteiger charge is -2.17. The molecule has 4 rings (SSSR count). The van der Waals surface area contributed by atoms with Gasteiger partial charge in [-0.3, -0.25) is 4.57 Å². The Morgan fingerprint density at radius 3 is 2.65 bits per heavy atom. The number of ether oxygens (including phenoxy) is 1. The van der Waals surface area contributed by atoms with Gasteiger partial charge in [-0.05, 0) is 48.4 Å². The third-order valence-corrected chi connectivity index (χ3v) is 5.98. The second-order valence-corrected chi connectivity index (χ2v) is 8.55. The summed E-state index contributed by atoms with van der Waals surface area (Å²) in [4.78, 5) is 0. The Morgan fingerprint density at radius 1 is 1.13 bits per heavy atom. The molecule has 31 heavy (non-hydrogen) atoms. The largest absolute Gasteiger partial charge is 0.593 e. The Labute approximate surface area is 188 Å². The minimum Gasteiger partial charge on any atom is -0.593 e. The van der Waals surface area contributed by atoms with Crippen LogP contribution < -0.4 is 9.46 Å². The number of halogens is 1. The fourth-order valence-corrected chi connectivity index (χ4v) is 4.21. The number of anilines is 1. The van der Waals surface area contributed by atoms with Crippen molar-refractivity contribution in [2.45, 2.75) is 13.3 Å². The van der Waals surface area contributed by atoms with Gasteiger partial charge in [0.05, 0.1) is 30.4 Å². The molecular weight excluding hydrogens is 436 g/mol. The molecule has 2 aromatic heterocycles. The van der Waals surface area contributed by atoms with Crippen molar-refractivity contribution in [3.8, 4) is 23.0 Å². The van der Waals surface area contributed by atoms with Crippen LogP contribution in [0.25, 0.3) is 17.3 Å². The van der Waals surface area contributed by atoms with E-state index in [4.69, 9.17) is 20.8 Å². The Kier molecular flexibility index (Phi) is 6.50. The second kappa shape index (κ2) is 9.47. The highest BCUT2D eigenvalue weighted by Gasteiger charge is 2.24. The SMILES string of the molecule is COc1cccc(C)c1-n1c(N[S+]([O-])CCc2ccc(Cl)cc2)nnc1-c1ccco1. The summed E-state index contributed by atoms with van der Waals surface area (Å²) < 4.78 is 28.7. The first-order chi connectivity index (χ1) is 15.1. The third kappa shape index (κ3) is 4.71. The van der Waals surface area contributed by atoms with E-state index in [1.54, 1.807) is 30.1 Å². The van der Waals surface area contributed by atoms with Crippen LogP contribution in [0.1, 0.15) is 11.1 Å². The van der Waals surface area contributed by atoms with Crippen molar-refractivity contribution in [1.29, 1.82) is 0 Å². The summed E-state index contributed by atoms with van der Waals surface area (Å²) in [7, 11) is 1.60. The average Bonchev–Trinajstić information content (AvgIpc) is 3.43. The molecule has 0 bridgehead atoms. The number of para-hydroxylation sites is 1. The van der Waals surface area contributed by atoms with E-state index in [1.807, 2.05) is 49.4 Å². The van der Waals surface area contributed by atoms with E-state index in [-0.39, 0.29) is 0 Å².